The highest BCUT2D eigenvalue weighted by atomic mass is 31.2. The Kier molecular flexibility index (Phi) is 6.25. The summed E-state index contributed by atoms with van der Waals surface area (Å²) in [7, 11) is -0.742. The number of hydrogen-bond acceptors (Lipinski definition) is 0. The van der Waals surface area contributed by atoms with E-state index >= 15 is 0 Å². The van der Waals surface area contributed by atoms with E-state index in [-0.39, 0.29) is 0 Å². The zero-order chi connectivity index (χ0) is 11.0. The summed E-state index contributed by atoms with van der Waals surface area (Å²) >= 11 is 0. The minimum Gasteiger partial charge on any atom is -0.0877 e. The van der Waals surface area contributed by atoms with Crippen LogP contribution < -0.4 is 0 Å². The molecule has 0 amide bonds. The Morgan fingerprint density at radius 1 is 0.800 bits per heavy atom. The molecular weight excluding hydrogens is 199 g/mol. The molecule has 15 heavy (non-hydrogen) atoms. The van der Waals surface area contributed by atoms with Crippen molar-refractivity contribution in [2.24, 2.45) is 0 Å². The normalized spacial score (nSPS) is 17.5. The maximum Gasteiger partial charge on any atom is -0.0297 e. The maximum absolute atomic E-state index is 2.45. The minimum atomic E-state index is -0.742. The lowest BCUT2D eigenvalue weighted by Gasteiger charge is -2.21. The van der Waals surface area contributed by atoms with Gasteiger partial charge in [-0.1, -0.05) is 76.5 Å². The Hall–Kier alpha value is -0.0900. The van der Waals surface area contributed by atoms with Gasteiger partial charge in [-0.3, -0.25) is 0 Å². The fourth-order valence-corrected chi connectivity index (χ4v) is 4.39. The SMILES string of the molecule is CCCCCCCCC[P]1(C)C=CC=C1. The highest BCUT2D eigenvalue weighted by molar-refractivity contribution is 7.81. The first-order valence-electron chi connectivity index (χ1n) is 6.49. The topological polar surface area (TPSA) is 0 Å². The molecule has 0 fully saturated rings. The van der Waals surface area contributed by atoms with Crippen molar-refractivity contribution in [1.29, 1.82) is 0 Å². The standard InChI is InChI=1S/C14H26P/c1-3-4-5-6-7-8-9-12-15(2)13-10-11-14-15/h10-11,13-14H,3-9,12H2,1-2H3. The first kappa shape index (κ1) is 13.0. The maximum atomic E-state index is 2.45. The highest BCUT2D eigenvalue weighted by Gasteiger charge is 2.15. The summed E-state index contributed by atoms with van der Waals surface area (Å²) in [5.41, 5.74) is 0. The molecule has 87 valence electrons. The van der Waals surface area contributed by atoms with Crippen molar-refractivity contribution in [2.75, 3.05) is 12.8 Å². The van der Waals surface area contributed by atoms with Gasteiger partial charge in [-0.2, -0.15) is 0 Å². The third-order valence-electron chi connectivity index (χ3n) is 3.21. The van der Waals surface area contributed by atoms with Gasteiger partial charge in [0.15, 0.2) is 0 Å². The molecule has 1 aliphatic rings. The summed E-state index contributed by atoms with van der Waals surface area (Å²) in [5.74, 6) is 4.90. The van der Waals surface area contributed by atoms with Gasteiger partial charge in [-0.15, -0.1) is 0 Å². The van der Waals surface area contributed by atoms with Crippen molar-refractivity contribution in [2.45, 2.75) is 51.9 Å². The Balaban J connectivity index is 1.93. The van der Waals surface area contributed by atoms with Crippen LogP contribution in [0.25, 0.3) is 0 Å². The fourth-order valence-electron chi connectivity index (χ4n) is 2.10. The summed E-state index contributed by atoms with van der Waals surface area (Å²) < 4.78 is 0. The predicted octanol–water partition coefficient (Wildman–Crippen LogP) is 5.43. The van der Waals surface area contributed by atoms with Gasteiger partial charge in [0.25, 0.3) is 0 Å². The van der Waals surface area contributed by atoms with Crippen LogP contribution in [0.3, 0.4) is 0 Å². The number of hydrogen-bond donors (Lipinski definition) is 0. The lowest BCUT2D eigenvalue weighted by molar-refractivity contribution is 0.603. The molecule has 1 heteroatoms. The molecule has 0 spiro atoms. The molecule has 1 aliphatic heterocycles. The lowest BCUT2D eigenvalue weighted by atomic mass is 10.1. The largest absolute Gasteiger partial charge is 0.0877 e. The molecule has 0 aromatic carbocycles. The van der Waals surface area contributed by atoms with Gasteiger partial charge in [-0.05, 0) is 19.2 Å². The van der Waals surface area contributed by atoms with E-state index in [2.05, 4.69) is 37.4 Å². The van der Waals surface area contributed by atoms with Crippen LogP contribution in [0, 0.1) is 0 Å². The molecule has 0 saturated heterocycles. The third-order valence-corrected chi connectivity index (χ3v) is 6.19. The van der Waals surface area contributed by atoms with Crippen LogP contribution in [-0.2, 0) is 0 Å². The number of allylic oxidation sites excluding steroid dienone is 2. The Bertz CT molecular complexity index is 203. The van der Waals surface area contributed by atoms with Crippen LogP contribution in [0.1, 0.15) is 51.9 Å². The number of unbranched alkanes of at least 4 members (excludes halogenated alkanes) is 6. The van der Waals surface area contributed by atoms with Crippen molar-refractivity contribution in [3.63, 3.8) is 0 Å². The molecule has 1 rings (SSSR count). The van der Waals surface area contributed by atoms with E-state index in [9.17, 15) is 0 Å². The quantitative estimate of drug-likeness (QED) is 0.382. The zero-order valence-electron chi connectivity index (χ0n) is 10.4. The monoisotopic (exact) mass is 225 g/mol. The van der Waals surface area contributed by atoms with E-state index in [1.807, 2.05) is 0 Å². The van der Waals surface area contributed by atoms with Crippen LogP contribution >= 0.6 is 7.26 Å². The molecule has 0 bridgehead atoms. The average molecular weight is 225 g/mol. The van der Waals surface area contributed by atoms with Crippen LogP contribution in [0.4, 0.5) is 0 Å². The molecular formula is C14H26P. The summed E-state index contributed by atoms with van der Waals surface area (Å²) in [6.45, 7) is 4.73. The van der Waals surface area contributed by atoms with Gasteiger partial charge >= 0.3 is 0 Å². The van der Waals surface area contributed by atoms with E-state index in [4.69, 9.17) is 0 Å². The molecule has 0 nitrogen and oxygen atoms in total. The third kappa shape index (κ3) is 5.52. The molecule has 0 aliphatic carbocycles. The Morgan fingerprint density at radius 2 is 1.33 bits per heavy atom. The van der Waals surface area contributed by atoms with Crippen molar-refractivity contribution >= 4 is 7.26 Å². The van der Waals surface area contributed by atoms with E-state index in [0.29, 0.717) is 0 Å². The zero-order valence-corrected chi connectivity index (χ0v) is 11.3. The van der Waals surface area contributed by atoms with Crippen LogP contribution in [0.15, 0.2) is 23.8 Å². The van der Waals surface area contributed by atoms with Crippen molar-refractivity contribution in [3.8, 4) is 0 Å². The van der Waals surface area contributed by atoms with Gasteiger partial charge in [0.1, 0.15) is 0 Å². The van der Waals surface area contributed by atoms with E-state index in [1.54, 1.807) is 0 Å². The molecule has 0 aromatic heterocycles. The second-order valence-corrected chi connectivity index (χ2v) is 8.61. The molecule has 1 radical (unpaired) electrons. The second-order valence-electron chi connectivity index (χ2n) is 4.87. The Labute approximate surface area is 96.2 Å². The highest BCUT2D eigenvalue weighted by Crippen LogP contribution is 2.61. The van der Waals surface area contributed by atoms with Gasteiger partial charge in [0.2, 0.25) is 0 Å². The van der Waals surface area contributed by atoms with Crippen molar-refractivity contribution in [3.05, 3.63) is 23.8 Å². The van der Waals surface area contributed by atoms with E-state index < -0.39 is 7.26 Å². The first-order chi connectivity index (χ1) is 7.27. The molecule has 0 N–H and O–H groups in total. The van der Waals surface area contributed by atoms with E-state index in [1.165, 1.54) is 51.1 Å². The van der Waals surface area contributed by atoms with Crippen LogP contribution in [-0.4, -0.2) is 12.8 Å². The van der Waals surface area contributed by atoms with Crippen molar-refractivity contribution < 1.29 is 0 Å². The van der Waals surface area contributed by atoms with Gasteiger partial charge < -0.3 is 0 Å². The first-order valence-corrected chi connectivity index (χ1v) is 9.05. The summed E-state index contributed by atoms with van der Waals surface area (Å²) in [5, 5.41) is 0. The van der Waals surface area contributed by atoms with Gasteiger partial charge in [-0.25, -0.2) is 0 Å². The van der Waals surface area contributed by atoms with E-state index in [0.717, 1.165) is 0 Å². The fraction of sp³-hybridized carbons (Fsp3) is 0.714. The summed E-state index contributed by atoms with van der Waals surface area (Å²) in [4.78, 5) is 0. The molecule has 1 heterocycles. The van der Waals surface area contributed by atoms with Crippen LogP contribution in [0.5, 0.6) is 0 Å². The molecule has 0 atom stereocenters. The molecule has 0 unspecified atom stereocenters. The second kappa shape index (κ2) is 7.23. The Morgan fingerprint density at radius 3 is 1.93 bits per heavy atom. The van der Waals surface area contributed by atoms with Gasteiger partial charge in [0.05, 0.1) is 0 Å². The lowest BCUT2D eigenvalue weighted by Crippen LogP contribution is -1.90. The van der Waals surface area contributed by atoms with Gasteiger partial charge in [0, 0.05) is 0 Å². The van der Waals surface area contributed by atoms with Crippen LogP contribution in [0.2, 0.25) is 0 Å². The predicted molar refractivity (Wildman–Crippen MR) is 74.0 cm³/mol. The minimum absolute atomic E-state index is 0.742. The van der Waals surface area contributed by atoms with Crippen molar-refractivity contribution in [1.82, 2.24) is 0 Å². The summed E-state index contributed by atoms with van der Waals surface area (Å²) in [6, 6.07) is 0. The smallest absolute Gasteiger partial charge is 0.0297 e. The number of rotatable bonds is 8. The molecule has 0 saturated carbocycles. The summed E-state index contributed by atoms with van der Waals surface area (Å²) in [6.07, 6.45) is 15.9. The molecule has 0 aromatic rings. The average Bonchev–Trinajstić information content (AvgIpc) is 2.64.